The third kappa shape index (κ3) is 2.73. The number of anilines is 1. The summed E-state index contributed by atoms with van der Waals surface area (Å²) in [5.74, 6) is 0.261. The van der Waals surface area contributed by atoms with Gasteiger partial charge in [-0.15, -0.1) is 0 Å². The highest BCUT2D eigenvalue weighted by atomic mass is 16.1. The molecular formula is C23H30N2O. The van der Waals surface area contributed by atoms with Crippen molar-refractivity contribution < 1.29 is 4.79 Å². The molecule has 0 amide bonds. The second kappa shape index (κ2) is 6.70. The van der Waals surface area contributed by atoms with Gasteiger partial charge in [-0.05, 0) is 56.8 Å². The Kier molecular flexibility index (Phi) is 4.52. The summed E-state index contributed by atoms with van der Waals surface area (Å²) in [6.07, 6.45) is 3.76. The Morgan fingerprint density at radius 3 is 2.69 bits per heavy atom. The molecule has 2 aliphatic rings. The van der Waals surface area contributed by atoms with Crippen LogP contribution in [-0.2, 0) is 5.41 Å². The van der Waals surface area contributed by atoms with Crippen LogP contribution in [0, 0.1) is 0 Å². The van der Waals surface area contributed by atoms with Gasteiger partial charge in [0.2, 0.25) is 0 Å². The molecule has 1 saturated heterocycles. The molecule has 2 aromatic carbocycles. The fraction of sp³-hybridized carbons (Fsp3) is 0.522. The number of carbonyl (C=O) groups excluding carboxylic acids is 1. The summed E-state index contributed by atoms with van der Waals surface area (Å²) in [6, 6.07) is 10.7. The number of hydrogen-bond acceptors (Lipinski definition) is 3. The van der Waals surface area contributed by atoms with Crippen molar-refractivity contribution in [2.75, 3.05) is 37.6 Å². The number of carbonyl (C=O) groups is 1. The van der Waals surface area contributed by atoms with Crippen molar-refractivity contribution in [2.45, 2.75) is 45.4 Å². The predicted molar refractivity (Wildman–Crippen MR) is 109 cm³/mol. The van der Waals surface area contributed by atoms with Gasteiger partial charge in [0, 0.05) is 36.3 Å². The molecule has 1 heterocycles. The first-order valence-corrected chi connectivity index (χ1v) is 10.1. The van der Waals surface area contributed by atoms with Gasteiger partial charge in [-0.2, -0.15) is 0 Å². The monoisotopic (exact) mass is 350 g/mol. The van der Waals surface area contributed by atoms with Crippen LogP contribution in [0.2, 0.25) is 0 Å². The summed E-state index contributed by atoms with van der Waals surface area (Å²) in [5, 5.41) is 2.44. The van der Waals surface area contributed by atoms with Gasteiger partial charge in [0.15, 0.2) is 5.78 Å². The fourth-order valence-electron chi connectivity index (χ4n) is 4.65. The summed E-state index contributed by atoms with van der Waals surface area (Å²) in [6.45, 7) is 12.1. The lowest BCUT2D eigenvalue weighted by molar-refractivity contribution is 0.0920. The van der Waals surface area contributed by atoms with E-state index in [4.69, 9.17) is 0 Å². The molecule has 0 atom stereocenters. The lowest BCUT2D eigenvalue weighted by atomic mass is 9.84. The van der Waals surface area contributed by atoms with Gasteiger partial charge in [-0.25, -0.2) is 0 Å². The summed E-state index contributed by atoms with van der Waals surface area (Å²) in [7, 11) is 0. The molecule has 0 bridgehead atoms. The molecule has 0 spiro atoms. The summed E-state index contributed by atoms with van der Waals surface area (Å²) >= 11 is 0. The van der Waals surface area contributed by atoms with E-state index in [1.165, 1.54) is 54.4 Å². The number of rotatable bonds is 4. The molecule has 1 fully saturated rings. The second-order valence-electron chi connectivity index (χ2n) is 8.35. The van der Waals surface area contributed by atoms with Crippen LogP contribution in [0.1, 0.15) is 56.0 Å². The van der Waals surface area contributed by atoms with Gasteiger partial charge in [0.1, 0.15) is 0 Å². The summed E-state index contributed by atoms with van der Waals surface area (Å²) < 4.78 is 0. The molecule has 3 heteroatoms. The standard InChI is InChI=1S/C23H30N2O/c1-4-5-12-24-13-7-14-25(16-15-24)20-11-10-19-21-17(20)8-6-9-18(21)22(26)23(19,2)3/h6,8-11H,4-5,7,12-16H2,1-3H3. The van der Waals surface area contributed by atoms with Crippen LogP contribution >= 0.6 is 0 Å². The van der Waals surface area contributed by atoms with Gasteiger partial charge < -0.3 is 9.80 Å². The normalized spacial score (nSPS) is 20.0. The minimum absolute atomic E-state index is 0.261. The molecule has 0 unspecified atom stereocenters. The van der Waals surface area contributed by atoms with Crippen LogP contribution in [-0.4, -0.2) is 43.4 Å². The smallest absolute Gasteiger partial charge is 0.173 e. The minimum atomic E-state index is -0.407. The number of ketones is 1. The highest BCUT2D eigenvalue weighted by molar-refractivity contribution is 6.21. The quantitative estimate of drug-likeness (QED) is 0.803. The molecular weight excluding hydrogens is 320 g/mol. The lowest BCUT2D eigenvalue weighted by Gasteiger charge is -2.26. The van der Waals surface area contributed by atoms with Gasteiger partial charge in [-0.1, -0.05) is 37.6 Å². The Morgan fingerprint density at radius 1 is 1.04 bits per heavy atom. The van der Waals surface area contributed by atoms with E-state index in [9.17, 15) is 4.79 Å². The number of Topliss-reactive ketones (excluding diaryl/α,β-unsaturated/α-hetero) is 1. The molecule has 0 radical (unpaired) electrons. The second-order valence-corrected chi connectivity index (χ2v) is 8.35. The lowest BCUT2D eigenvalue weighted by Crippen LogP contribution is -2.31. The first-order valence-electron chi connectivity index (χ1n) is 10.1. The Morgan fingerprint density at radius 2 is 1.88 bits per heavy atom. The van der Waals surface area contributed by atoms with Gasteiger partial charge in [0.25, 0.3) is 0 Å². The zero-order valence-corrected chi connectivity index (χ0v) is 16.3. The van der Waals surface area contributed by atoms with Gasteiger partial charge in [0.05, 0.1) is 5.41 Å². The van der Waals surface area contributed by atoms with E-state index >= 15 is 0 Å². The number of nitrogens with zero attached hydrogens (tertiary/aromatic N) is 2. The average molecular weight is 351 g/mol. The maximum atomic E-state index is 12.9. The number of benzene rings is 2. The zero-order chi connectivity index (χ0) is 18.3. The van der Waals surface area contributed by atoms with Crippen LogP contribution in [0.25, 0.3) is 10.8 Å². The van der Waals surface area contributed by atoms with Crippen molar-refractivity contribution >= 4 is 22.2 Å². The fourth-order valence-corrected chi connectivity index (χ4v) is 4.65. The SMILES string of the molecule is CCCCN1CCCN(c2ccc3c4c(cccc24)C(=O)C3(C)C)CC1. The zero-order valence-electron chi connectivity index (χ0n) is 16.3. The average Bonchev–Trinajstić information content (AvgIpc) is 2.81. The Balaban J connectivity index is 1.69. The van der Waals surface area contributed by atoms with Crippen LogP contribution < -0.4 is 4.90 Å². The molecule has 0 aromatic heterocycles. The highest BCUT2D eigenvalue weighted by Crippen LogP contribution is 2.45. The molecule has 1 aliphatic heterocycles. The van der Waals surface area contributed by atoms with Crippen LogP contribution in [0.5, 0.6) is 0 Å². The Bertz CT molecular complexity index is 839. The van der Waals surface area contributed by atoms with Crippen molar-refractivity contribution in [3.8, 4) is 0 Å². The van der Waals surface area contributed by atoms with E-state index in [-0.39, 0.29) is 5.78 Å². The van der Waals surface area contributed by atoms with E-state index in [0.717, 1.165) is 25.2 Å². The molecule has 0 saturated carbocycles. The number of hydrogen-bond donors (Lipinski definition) is 0. The summed E-state index contributed by atoms with van der Waals surface area (Å²) in [4.78, 5) is 18.0. The van der Waals surface area contributed by atoms with Crippen LogP contribution in [0.4, 0.5) is 5.69 Å². The third-order valence-corrected chi connectivity index (χ3v) is 6.26. The van der Waals surface area contributed by atoms with E-state index in [1.807, 2.05) is 6.07 Å². The first kappa shape index (κ1) is 17.5. The highest BCUT2D eigenvalue weighted by Gasteiger charge is 2.40. The summed E-state index contributed by atoms with van der Waals surface area (Å²) in [5.41, 5.74) is 2.99. The third-order valence-electron chi connectivity index (χ3n) is 6.26. The van der Waals surface area contributed by atoms with Crippen molar-refractivity contribution in [1.29, 1.82) is 0 Å². The Hall–Kier alpha value is -1.87. The molecule has 1 aliphatic carbocycles. The van der Waals surface area contributed by atoms with Crippen molar-refractivity contribution in [1.82, 2.24) is 4.90 Å². The topological polar surface area (TPSA) is 23.6 Å². The maximum Gasteiger partial charge on any atom is 0.173 e. The largest absolute Gasteiger partial charge is 0.370 e. The predicted octanol–water partition coefficient (Wildman–Crippen LogP) is 4.63. The van der Waals surface area contributed by atoms with Gasteiger partial charge in [-0.3, -0.25) is 4.79 Å². The van der Waals surface area contributed by atoms with E-state index in [0.29, 0.717) is 0 Å². The van der Waals surface area contributed by atoms with Gasteiger partial charge >= 0.3 is 0 Å². The van der Waals surface area contributed by atoms with E-state index in [2.05, 4.69) is 54.8 Å². The maximum absolute atomic E-state index is 12.9. The van der Waals surface area contributed by atoms with E-state index < -0.39 is 5.41 Å². The molecule has 2 aromatic rings. The molecule has 0 N–H and O–H groups in total. The molecule has 26 heavy (non-hydrogen) atoms. The molecule has 138 valence electrons. The van der Waals surface area contributed by atoms with Crippen molar-refractivity contribution in [3.05, 3.63) is 41.5 Å². The van der Waals surface area contributed by atoms with Crippen LogP contribution in [0.3, 0.4) is 0 Å². The number of unbranched alkanes of at least 4 members (excludes halogenated alkanes) is 1. The van der Waals surface area contributed by atoms with Crippen molar-refractivity contribution in [3.63, 3.8) is 0 Å². The molecule has 3 nitrogen and oxygen atoms in total. The Labute approximate surface area is 157 Å². The van der Waals surface area contributed by atoms with E-state index in [1.54, 1.807) is 0 Å². The van der Waals surface area contributed by atoms with Crippen molar-refractivity contribution in [2.24, 2.45) is 0 Å². The molecule has 4 rings (SSSR count). The van der Waals surface area contributed by atoms with Crippen LogP contribution in [0.15, 0.2) is 30.3 Å². The minimum Gasteiger partial charge on any atom is -0.370 e. The first-order chi connectivity index (χ1) is 12.5.